The molecule has 0 aliphatic carbocycles. The molecule has 110 valence electrons. The quantitative estimate of drug-likeness (QED) is 0.660. The lowest BCUT2D eigenvalue weighted by Crippen LogP contribution is -2.27. The van der Waals surface area contributed by atoms with Gasteiger partial charge in [0, 0.05) is 26.0 Å². The molecule has 0 atom stereocenters. The lowest BCUT2D eigenvalue weighted by Gasteiger charge is -2.09. The maximum Gasteiger partial charge on any atom is 0.359 e. The number of nitrogens with two attached hydrogens (primary N) is 1. The van der Waals surface area contributed by atoms with Crippen molar-refractivity contribution in [3.8, 4) is 5.69 Å². The van der Waals surface area contributed by atoms with Gasteiger partial charge in [-0.3, -0.25) is 4.79 Å². The minimum absolute atomic E-state index is 0.129. The predicted molar refractivity (Wildman–Crippen MR) is 77.0 cm³/mol. The lowest BCUT2D eigenvalue weighted by molar-refractivity contribution is -0.131. The SMILES string of the molecule is CN(C)C(=O)COC(=O)c1ccn(-c2cccc(N)c2)n1. The van der Waals surface area contributed by atoms with Gasteiger partial charge in [0.15, 0.2) is 12.3 Å². The van der Waals surface area contributed by atoms with Crippen LogP contribution in [0.1, 0.15) is 10.5 Å². The number of hydrogen-bond donors (Lipinski definition) is 1. The molecule has 2 rings (SSSR count). The number of nitrogen functional groups attached to an aromatic ring is 1. The monoisotopic (exact) mass is 288 g/mol. The number of aromatic nitrogens is 2. The minimum Gasteiger partial charge on any atom is -0.451 e. The van der Waals surface area contributed by atoms with E-state index in [0.717, 1.165) is 5.69 Å². The van der Waals surface area contributed by atoms with Crippen molar-refractivity contribution >= 4 is 17.6 Å². The first-order valence-electron chi connectivity index (χ1n) is 6.26. The average molecular weight is 288 g/mol. The van der Waals surface area contributed by atoms with Crippen molar-refractivity contribution in [3.05, 3.63) is 42.2 Å². The highest BCUT2D eigenvalue weighted by atomic mass is 16.5. The van der Waals surface area contributed by atoms with Crippen LogP contribution in [0.4, 0.5) is 5.69 Å². The van der Waals surface area contributed by atoms with Crippen molar-refractivity contribution in [1.29, 1.82) is 0 Å². The molecule has 0 aliphatic heterocycles. The highest BCUT2D eigenvalue weighted by molar-refractivity contribution is 5.89. The predicted octanol–water partition coefficient (Wildman–Crippen LogP) is 0.699. The summed E-state index contributed by atoms with van der Waals surface area (Å²) in [5, 5.41) is 4.11. The third-order valence-corrected chi connectivity index (χ3v) is 2.76. The average Bonchev–Trinajstić information content (AvgIpc) is 2.94. The summed E-state index contributed by atoms with van der Waals surface area (Å²) in [4.78, 5) is 24.5. The van der Waals surface area contributed by atoms with Gasteiger partial charge in [-0.25, -0.2) is 9.48 Å². The van der Waals surface area contributed by atoms with Crippen LogP contribution in [0.15, 0.2) is 36.5 Å². The van der Waals surface area contributed by atoms with Crippen LogP contribution in [0.2, 0.25) is 0 Å². The van der Waals surface area contributed by atoms with Crippen molar-refractivity contribution in [2.24, 2.45) is 0 Å². The molecule has 0 unspecified atom stereocenters. The molecule has 0 aliphatic rings. The molecule has 1 amide bonds. The van der Waals surface area contributed by atoms with E-state index in [1.54, 1.807) is 38.5 Å². The van der Waals surface area contributed by atoms with Crippen LogP contribution in [-0.4, -0.2) is 47.3 Å². The van der Waals surface area contributed by atoms with Gasteiger partial charge in [0.2, 0.25) is 0 Å². The van der Waals surface area contributed by atoms with Crippen LogP contribution in [0.25, 0.3) is 5.69 Å². The van der Waals surface area contributed by atoms with Crippen LogP contribution >= 0.6 is 0 Å². The van der Waals surface area contributed by atoms with Crippen molar-refractivity contribution in [3.63, 3.8) is 0 Å². The number of benzene rings is 1. The van der Waals surface area contributed by atoms with Gasteiger partial charge in [0.1, 0.15) is 0 Å². The summed E-state index contributed by atoms with van der Waals surface area (Å²) in [6.07, 6.45) is 1.62. The van der Waals surface area contributed by atoms with E-state index in [2.05, 4.69) is 5.10 Å². The second-order valence-electron chi connectivity index (χ2n) is 4.60. The molecule has 2 N–H and O–H groups in total. The molecule has 2 aromatic rings. The molecular formula is C14H16N4O3. The second-order valence-corrected chi connectivity index (χ2v) is 4.60. The molecule has 0 bridgehead atoms. The number of ether oxygens (including phenoxy) is 1. The lowest BCUT2D eigenvalue weighted by atomic mass is 10.3. The standard InChI is InChI=1S/C14H16N4O3/c1-17(2)13(19)9-21-14(20)12-6-7-18(16-12)11-5-3-4-10(15)8-11/h3-8H,9,15H2,1-2H3. The molecule has 0 saturated heterocycles. The number of esters is 1. The van der Waals surface area contributed by atoms with Crippen molar-refractivity contribution < 1.29 is 14.3 Å². The number of anilines is 1. The highest BCUT2D eigenvalue weighted by Gasteiger charge is 2.14. The van der Waals surface area contributed by atoms with E-state index < -0.39 is 5.97 Å². The summed E-state index contributed by atoms with van der Waals surface area (Å²) in [7, 11) is 3.18. The molecule has 0 fully saturated rings. The Hall–Kier alpha value is -2.83. The normalized spacial score (nSPS) is 10.2. The fourth-order valence-corrected chi connectivity index (χ4v) is 1.57. The first kappa shape index (κ1) is 14.6. The molecule has 0 saturated carbocycles. The molecule has 0 spiro atoms. The molecule has 21 heavy (non-hydrogen) atoms. The van der Waals surface area contributed by atoms with E-state index in [4.69, 9.17) is 10.5 Å². The number of rotatable bonds is 4. The Labute approximate surface area is 121 Å². The van der Waals surface area contributed by atoms with Gasteiger partial charge < -0.3 is 15.4 Å². The van der Waals surface area contributed by atoms with E-state index in [1.165, 1.54) is 15.6 Å². The third-order valence-electron chi connectivity index (χ3n) is 2.76. The Morgan fingerprint density at radius 2 is 2.10 bits per heavy atom. The van der Waals surface area contributed by atoms with Crippen LogP contribution in [0.3, 0.4) is 0 Å². The van der Waals surface area contributed by atoms with E-state index in [1.807, 2.05) is 6.07 Å². The number of carbonyl (C=O) groups is 2. The van der Waals surface area contributed by atoms with E-state index in [0.29, 0.717) is 5.69 Å². The van der Waals surface area contributed by atoms with Crippen molar-refractivity contribution in [2.75, 3.05) is 26.4 Å². The van der Waals surface area contributed by atoms with Gasteiger partial charge in [-0.1, -0.05) is 6.07 Å². The number of amides is 1. The zero-order valence-electron chi connectivity index (χ0n) is 11.8. The molecule has 1 aromatic heterocycles. The fraction of sp³-hybridized carbons (Fsp3) is 0.214. The molecule has 0 radical (unpaired) electrons. The second kappa shape index (κ2) is 6.08. The fourth-order valence-electron chi connectivity index (χ4n) is 1.57. The van der Waals surface area contributed by atoms with E-state index in [9.17, 15) is 9.59 Å². The zero-order chi connectivity index (χ0) is 15.4. The Balaban J connectivity index is 2.06. The molecule has 7 nitrogen and oxygen atoms in total. The maximum absolute atomic E-state index is 11.8. The summed E-state index contributed by atoms with van der Waals surface area (Å²) in [5.41, 5.74) is 7.16. The van der Waals surface area contributed by atoms with Gasteiger partial charge >= 0.3 is 5.97 Å². The largest absolute Gasteiger partial charge is 0.451 e. The van der Waals surface area contributed by atoms with Gasteiger partial charge in [-0.15, -0.1) is 0 Å². The van der Waals surface area contributed by atoms with Gasteiger partial charge in [-0.2, -0.15) is 5.10 Å². The summed E-state index contributed by atoms with van der Waals surface area (Å²) in [6.45, 7) is -0.309. The Morgan fingerprint density at radius 1 is 1.33 bits per heavy atom. The van der Waals surface area contributed by atoms with Crippen molar-refractivity contribution in [2.45, 2.75) is 0 Å². The number of carbonyl (C=O) groups excluding carboxylic acids is 2. The smallest absolute Gasteiger partial charge is 0.359 e. The molecule has 1 heterocycles. The third kappa shape index (κ3) is 3.59. The summed E-state index contributed by atoms with van der Waals surface area (Å²) < 4.78 is 6.41. The highest BCUT2D eigenvalue weighted by Crippen LogP contribution is 2.12. The first-order chi connectivity index (χ1) is 9.97. The van der Waals surface area contributed by atoms with Crippen LogP contribution in [0.5, 0.6) is 0 Å². The topological polar surface area (TPSA) is 90.5 Å². The first-order valence-corrected chi connectivity index (χ1v) is 6.26. The Kier molecular flexibility index (Phi) is 4.22. The van der Waals surface area contributed by atoms with Gasteiger partial charge in [0.25, 0.3) is 5.91 Å². The van der Waals surface area contributed by atoms with E-state index in [-0.39, 0.29) is 18.2 Å². The number of likely N-dealkylation sites (N-methyl/N-ethyl adjacent to an activating group) is 1. The van der Waals surface area contributed by atoms with Gasteiger partial charge in [0.05, 0.1) is 5.69 Å². The summed E-state index contributed by atoms with van der Waals surface area (Å²) >= 11 is 0. The summed E-state index contributed by atoms with van der Waals surface area (Å²) in [6, 6.07) is 8.62. The minimum atomic E-state index is -0.646. The Bertz CT molecular complexity index is 664. The molecule has 1 aromatic carbocycles. The van der Waals surface area contributed by atoms with Crippen LogP contribution < -0.4 is 5.73 Å². The Morgan fingerprint density at radius 3 is 2.76 bits per heavy atom. The van der Waals surface area contributed by atoms with Gasteiger partial charge in [-0.05, 0) is 24.3 Å². The number of nitrogens with zero attached hydrogens (tertiary/aromatic N) is 3. The van der Waals surface area contributed by atoms with Crippen LogP contribution in [0, 0.1) is 0 Å². The number of hydrogen-bond acceptors (Lipinski definition) is 5. The molecular weight excluding hydrogens is 272 g/mol. The van der Waals surface area contributed by atoms with E-state index >= 15 is 0 Å². The maximum atomic E-state index is 11.8. The molecule has 7 heteroatoms. The summed E-state index contributed by atoms with van der Waals surface area (Å²) in [5.74, 6) is -0.938. The zero-order valence-corrected chi connectivity index (χ0v) is 11.8. The van der Waals surface area contributed by atoms with Crippen LogP contribution in [-0.2, 0) is 9.53 Å². The van der Waals surface area contributed by atoms with Crippen molar-refractivity contribution in [1.82, 2.24) is 14.7 Å².